The van der Waals surface area contributed by atoms with Gasteiger partial charge in [0, 0.05) is 6.92 Å². The number of rotatable bonds is 6. The molecule has 0 aromatic rings. The summed E-state index contributed by atoms with van der Waals surface area (Å²) in [5.74, 6) is 6.22. The van der Waals surface area contributed by atoms with Gasteiger partial charge in [-0.15, -0.1) is 0 Å². The second-order valence-corrected chi connectivity index (χ2v) is 13.2. The monoisotopic (exact) mass is 430 g/mol. The first kappa shape index (κ1) is 23.6. The minimum absolute atomic E-state index is 0.0877. The molecule has 9 atom stereocenters. The Labute approximate surface area is 192 Å². The van der Waals surface area contributed by atoms with Gasteiger partial charge in [0.25, 0.3) is 0 Å². The van der Waals surface area contributed by atoms with Gasteiger partial charge in [0.15, 0.2) is 0 Å². The molecule has 178 valence electrons. The van der Waals surface area contributed by atoms with Crippen molar-refractivity contribution in [3.8, 4) is 0 Å². The average molecular weight is 431 g/mol. The minimum atomic E-state index is -0.0877. The fourth-order valence-electron chi connectivity index (χ4n) is 9.59. The van der Waals surface area contributed by atoms with Crippen LogP contribution in [0.2, 0.25) is 0 Å². The van der Waals surface area contributed by atoms with E-state index in [0.717, 1.165) is 54.3 Å². The molecule has 2 unspecified atom stereocenters. The third-order valence-electron chi connectivity index (χ3n) is 11.2. The van der Waals surface area contributed by atoms with Crippen LogP contribution in [0.5, 0.6) is 0 Å². The van der Waals surface area contributed by atoms with Crippen LogP contribution < -0.4 is 0 Å². The molecule has 4 saturated carbocycles. The van der Waals surface area contributed by atoms with E-state index in [4.69, 9.17) is 4.74 Å². The number of carbonyl (C=O) groups excluding carboxylic acids is 1. The SMILES string of the molecule is CC(=O)OC1CC[C@@]2(C)C(CC[C@H]3[C@@H]4CC[C@H]([C@H](C)CCCC(C)C)[C@@]4(C)CC[C@@H]32)C1. The molecule has 0 radical (unpaired) electrons. The molecule has 2 heteroatoms. The lowest BCUT2D eigenvalue weighted by atomic mass is 9.44. The first-order valence-corrected chi connectivity index (χ1v) is 13.8. The van der Waals surface area contributed by atoms with Crippen LogP contribution >= 0.6 is 0 Å². The van der Waals surface area contributed by atoms with Crippen molar-refractivity contribution >= 4 is 5.97 Å². The van der Waals surface area contributed by atoms with E-state index < -0.39 is 0 Å². The Morgan fingerprint density at radius 1 is 0.903 bits per heavy atom. The van der Waals surface area contributed by atoms with Crippen LogP contribution in [0.15, 0.2) is 0 Å². The van der Waals surface area contributed by atoms with E-state index in [-0.39, 0.29) is 12.1 Å². The predicted molar refractivity (Wildman–Crippen MR) is 129 cm³/mol. The van der Waals surface area contributed by atoms with Crippen LogP contribution in [-0.4, -0.2) is 12.1 Å². The van der Waals surface area contributed by atoms with Gasteiger partial charge in [-0.2, -0.15) is 0 Å². The lowest BCUT2D eigenvalue weighted by Crippen LogP contribution is -2.54. The Hall–Kier alpha value is -0.530. The summed E-state index contributed by atoms with van der Waals surface area (Å²) in [6.45, 7) is 14.2. The molecular formula is C29H50O2. The summed E-state index contributed by atoms with van der Waals surface area (Å²) in [6.07, 6.45) is 16.6. The molecule has 2 nitrogen and oxygen atoms in total. The van der Waals surface area contributed by atoms with Gasteiger partial charge in [0.1, 0.15) is 6.10 Å². The van der Waals surface area contributed by atoms with E-state index in [1.165, 1.54) is 64.2 Å². The van der Waals surface area contributed by atoms with Crippen molar-refractivity contribution in [1.82, 2.24) is 0 Å². The molecule has 4 rings (SSSR count). The molecule has 0 N–H and O–H groups in total. The van der Waals surface area contributed by atoms with Crippen LogP contribution in [0, 0.1) is 52.3 Å². The zero-order chi connectivity index (χ0) is 22.4. The number of fused-ring (bicyclic) bond motifs is 5. The second-order valence-electron chi connectivity index (χ2n) is 13.2. The Kier molecular flexibility index (Phi) is 6.87. The zero-order valence-electron chi connectivity index (χ0n) is 21.4. The van der Waals surface area contributed by atoms with E-state index in [0.29, 0.717) is 10.8 Å². The molecule has 0 bridgehead atoms. The molecular weight excluding hydrogens is 380 g/mol. The van der Waals surface area contributed by atoms with Crippen molar-refractivity contribution in [2.45, 2.75) is 125 Å². The molecule has 4 aliphatic carbocycles. The highest BCUT2D eigenvalue weighted by Gasteiger charge is 2.60. The summed E-state index contributed by atoms with van der Waals surface area (Å²) in [7, 11) is 0. The van der Waals surface area contributed by atoms with Crippen LogP contribution in [-0.2, 0) is 9.53 Å². The topological polar surface area (TPSA) is 26.3 Å². The summed E-state index contributed by atoms with van der Waals surface area (Å²) in [4.78, 5) is 11.5. The maximum absolute atomic E-state index is 11.5. The third kappa shape index (κ3) is 4.35. The van der Waals surface area contributed by atoms with Crippen molar-refractivity contribution in [2.24, 2.45) is 52.3 Å². The number of hydrogen-bond acceptors (Lipinski definition) is 2. The summed E-state index contributed by atoms with van der Waals surface area (Å²) in [5.41, 5.74) is 1.08. The minimum Gasteiger partial charge on any atom is -0.463 e. The van der Waals surface area contributed by atoms with Gasteiger partial charge in [0.05, 0.1) is 0 Å². The summed E-state index contributed by atoms with van der Waals surface area (Å²) < 4.78 is 5.65. The lowest BCUT2D eigenvalue weighted by molar-refractivity contribution is -0.160. The summed E-state index contributed by atoms with van der Waals surface area (Å²) in [5, 5.41) is 0. The van der Waals surface area contributed by atoms with Crippen LogP contribution in [0.1, 0.15) is 119 Å². The van der Waals surface area contributed by atoms with Crippen LogP contribution in [0.3, 0.4) is 0 Å². The lowest BCUT2D eigenvalue weighted by Gasteiger charge is -2.61. The van der Waals surface area contributed by atoms with Crippen molar-refractivity contribution in [2.75, 3.05) is 0 Å². The number of esters is 1. The highest BCUT2D eigenvalue weighted by atomic mass is 16.5. The molecule has 0 spiro atoms. The number of carbonyl (C=O) groups is 1. The average Bonchev–Trinajstić information content (AvgIpc) is 3.05. The molecule has 0 aliphatic heterocycles. The van der Waals surface area contributed by atoms with Gasteiger partial charge in [-0.05, 0) is 110 Å². The summed E-state index contributed by atoms with van der Waals surface area (Å²) >= 11 is 0. The maximum atomic E-state index is 11.5. The highest BCUT2D eigenvalue weighted by Crippen LogP contribution is 2.68. The molecule has 4 fully saturated rings. The Balaban J connectivity index is 1.43. The van der Waals surface area contributed by atoms with E-state index in [1.807, 2.05) is 0 Å². The molecule has 0 saturated heterocycles. The smallest absolute Gasteiger partial charge is 0.302 e. The number of ether oxygens (including phenoxy) is 1. The first-order valence-electron chi connectivity index (χ1n) is 13.8. The van der Waals surface area contributed by atoms with Crippen LogP contribution in [0.25, 0.3) is 0 Å². The van der Waals surface area contributed by atoms with Crippen molar-refractivity contribution in [1.29, 1.82) is 0 Å². The highest BCUT2D eigenvalue weighted by molar-refractivity contribution is 5.66. The molecule has 0 heterocycles. The Morgan fingerprint density at radius 3 is 2.32 bits per heavy atom. The first-order chi connectivity index (χ1) is 14.6. The molecule has 0 aromatic carbocycles. The van der Waals surface area contributed by atoms with Gasteiger partial charge in [-0.25, -0.2) is 0 Å². The fourth-order valence-corrected chi connectivity index (χ4v) is 9.59. The van der Waals surface area contributed by atoms with E-state index >= 15 is 0 Å². The Bertz CT molecular complexity index is 641. The van der Waals surface area contributed by atoms with Crippen molar-refractivity contribution < 1.29 is 9.53 Å². The van der Waals surface area contributed by atoms with Gasteiger partial charge >= 0.3 is 5.97 Å². The van der Waals surface area contributed by atoms with Gasteiger partial charge in [-0.3, -0.25) is 4.79 Å². The molecule has 0 aromatic heterocycles. The fraction of sp³-hybridized carbons (Fsp3) is 0.966. The van der Waals surface area contributed by atoms with Gasteiger partial charge in [-0.1, -0.05) is 53.9 Å². The molecule has 0 amide bonds. The molecule has 31 heavy (non-hydrogen) atoms. The summed E-state index contributed by atoms with van der Waals surface area (Å²) in [6, 6.07) is 0. The van der Waals surface area contributed by atoms with Crippen LogP contribution in [0.4, 0.5) is 0 Å². The normalized spacial score (nSPS) is 45.5. The van der Waals surface area contributed by atoms with Crippen molar-refractivity contribution in [3.05, 3.63) is 0 Å². The van der Waals surface area contributed by atoms with Gasteiger partial charge in [0.2, 0.25) is 0 Å². The van der Waals surface area contributed by atoms with E-state index in [1.54, 1.807) is 6.92 Å². The maximum Gasteiger partial charge on any atom is 0.302 e. The third-order valence-corrected chi connectivity index (χ3v) is 11.2. The molecule has 4 aliphatic rings. The quantitative estimate of drug-likeness (QED) is 0.398. The van der Waals surface area contributed by atoms with Gasteiger partial charge < -0.3 is 4.74 Å². The largest absolute Gasteiger partial charge is 0.463 e. The standard InChI is InChI=1S/C29H50O2/c1-19(2)8-7-9-20(3)25-12-13-26-24-11-10-22-18-23(31-21(4)30)14-16-28(22,5)27(24)15-17-29(25,26)6/h19-20,22-27H,7-18H2,1-6H3/t20-,22?,23?,24+,25-,26+,27+,28+,29-/m1/s1. The van der Waals surface area contributed by atoms with Crippen molar-refractivity contribution in [3.63, 3.8) is 0 Å². The second kappa shape index (κ2) is 9.02. The Morgan fingerprint density at radius 2 is 1.61 bits per heavy atom. The van der Waals surface area contributed by atoms with E-state index in [9.17, 15) is 4.79 Å². The number of hydrogen-bond donors (Lipinski definition) is 0. The van der Waals surface area contributed by atoms with E-state index in [2.05, 4.69) is 34.6 Å². The zero-order valence-corrected chi connectivity index (χ0v) is 21.4. The predicted octanol–water partition coefficient (Wildman–Crippen LogP) is 8.04.